The first-order valence-electron chi connectivity index (χ1n) is 26.0. The Bertz CT molecular complexity index is 1100. The molecule has 0 bridgehead atoms. The van der Waals surface area contributed by atoms with Gasteiger partial charge in [0.05, 0.1) is 13.2 Å². The molecule has 0 aromatic carbocycles. The number of esters is 1. The number of aliphatic hydroxyl groups is 5. The van der Waals surface area contributed by atoms with Gasteiger partial charge in [0.15, 0.2) is 0 Å². The van der Waals surface area contributed by atoms with Crippen molar-refractivity contribution in [1.29, 1.82) is 0 Å². The summed E-state index contributed by atoms with van der Waals surface area (Å²) in [4.78, 5) is 23.2. The van der Waals surface area contributed by atoms with Crippen molar-refractivity contribution >= 4 is 13.8 Å². The third kappa shape index (κ3) is 33.2. The minimum atomic E-state index is -5.01. The fraction of sp³-hybridized carbons (Fsp3) is 0.940. The summed E-state index contributed by atoms with van der Waals surface area (Å²) >= 11 is 0. The molecule has 0 radical (unpaired) electrons. The number of carbonyl (C=O) groups is 1. The molecule has 13 heteroatoms. The molecule has 1 fully saturated rings. The quantitative estimate of drug-likeness (QED) is 0.0147. The fourth-order valence-corrected chi connectivity index (χ4v) is 9.21. The van der Waals surface area contributed by atoms with Crippen molar-refractivity contribution in [3.8, 4) is 0 Å². The Morgan fingerprint density at radius 1 is 0.492 bits per heavy atom. The van der Waals surface area contributed by atoms with E-state index in [2.05, 4.69) is 26.0 Å². The van der Waals surface area contributed by atoms with Crippen LogP contribution in [0.25, 0.3) is 0 Å². The average molecular weight is 921 g/mol. The lowest BCUT2D eigenvalue weighted by atomic mass is 9.85. The predicted molar refractivity (Wildman–Crippen MR) is 253 cm³/mol. The fourth-order valence-electron chi connectivity index (χ4n) is 8.23. The van der Waals surface area contributed by atoms with Crippen molar-refractivity contribution in [2.24, 2.45) is 0 Å². The van der Waals surface area contributed by atoms with Gasteiger partial charge >= 0.3 is 13.8 Å². The molecule has 0 amide bonds. The number of hydrogen-bond acceptors (Lipinski definition) is 11. The lowest BCUT2D eigenvalue weighted by molar-refractivity contribution is -0.220. The van der Waals surface area contributed by atoms with Crippen LogP contribution in [0.5, 0.6) is 0 Å². The van der Waals surface area contributed by atoms with Gasteiger partial charge in [-0.3, -0.25) is 13.8 Å². The number of ether oxygens (including phenoxy) is 2. The molecule has 1 aliphatic rings. The molecule has 6 unspecified atom stereocenters. The van der Waals surface area contributed by atoms with E-state index in [1.807, 2.05) is 0 Å². The van der Waals surface area contributed by atoms with E-state index in [4.69, 9.17) is 18.5 Å². The van der Waals surface area contributed by atoms with Crippen LogP contribution in [0.15, 0.2) is 12.2 Å². The van der Waals surface area contributed by atoms with Crippen molar-refractivity contribution in [1.82, 2.24) is 0 Å². The molecule has 1 aliphatic carbocycles. The predicted octanol–water partition coefficient (Wildman–Crippen LogP) is 11.5. The topological polar surface area (TPSA) is 192 Å². The van der Waals surface area contributed by atoms with Crippen LogP contribution in [-0.2, 0) is 27.9 Å². The Kier molecular flexibility index (Phi) is 39.4. The minimum Gasteiger partial charge on any atom is -0.457 e. The lowest BCUT2D eigenvalue weighted by Crippen LogP contribution is -2.64. The third-order valence-corrected chi connectivity index (χ3v) is 13.4. The van der Waals surface area contributed by atoms with Gasteiger partial charge in [0.1, 0.15) is 42.7 Å². The zero-order valence-corrected chi connectivity index (χ0v) is 41.0. The maximum absolute atomic E-state index is 12.8. The standard InChI is InChI=1S/C50H97O12P/c1-3-5-7-9-11-13-15-17-18-19-20-21-22-23-24-25-26-27-29-31-33-35-37-39-44(51)61-43(41-59-40-38-36-34-32-30-28-16-14-12-10-8-6-4-2)42-60-63(57,58)62-50-48(55)46(53)45(52)47(54)49(50)56/h19-20,43,45-50,52-56H,3-18,21-42H2,1-2H3,(H,57,58)/b20-19-. The van der Waals surface area contributed by atoms with Gasteiger partial charge < -0.3 is 39.9 Å². The number of phosphoric acid groups is 1. The third-order valence-electron chi connectivity index (χ3n) is 12.4. The SMILES string of the molecule is CCCCCCCCCC/C=C\CCCCCCCCCCCCCC(=O)OC(COCCCCCCCCCCCCCCC)COP(=O)(O)OC1C(O)C(O)C(O)C(O)C1O. The molecule has 0 heterocycles. The molecule has 0 aromatic heterocycles. The summed E-state index contributed by atoms with van der Waals surface area (Å²) in [5, 5.41) is 50.3. The highest BCUT2D eigenvalue weighted by Crippen LogP contribution is 2.47. The zero-order chi connectivity index (χ0) is 46.2. The summed E-state index contributed by atoms with van der Waals surface area (Å²) in [7, 11) is -5.01. The van der Waals surface area contributed by atoms with Gasteiger partial charge in [-0.05, 0) is 38.5 Å². The maximum atomic E-state index is 12.8. The molecule has 374 valence electrons. The molecule has 6 atom stereocenters. The van der Waals surface area contributed by atoms with E-state index in [1.165, 1.54) is 173 Å². The van der Waals surface area contributed by atoms with E-state index >= 15 is 0 Å². The Hall–Kier alpha value is -0.920. The monoisotopic (exact) mass is 921 g/mol. The van der Waals surface area contributed by atoms with E-state index in [-0.39, 0.29) is 13.0 Å². The van der Waals surface area contributed by atoms with Crippen LogP contribution < -0.4 is 0 Å². The van der Waals surface area contributed by atoms with Crippen LogP contribution in [0.3, 0.4) is 0 Å². The summed E-state index contributed by atoms with van der Waals surface area (Å²) in [5.41, 5.74) is 0. The number of rotatable bonds is 45. The molecule has 0 saturated heterocycles. The molecule has 1 rings (SSSR count). The van der Waals surface area contributed by atoms with Crippen molar-refractivity contribution in [3.63, 3.8) is 0 Å². The van der Waals surface area contributed by atoms with Gasteiger partial charge in [0.2, 0.25) is 0 Å². The number of hydrogen-bond donors (Lipinski definition) is 6. The van der Waals surface area contributed by atoms with Gasteiger partial charge in [0.25, 0.3) is 0 Å². The minimum absolute atomic E-state index is 0.0707. The number of unbranched alkanes of at least 4 members (excludes halogenated alkanes) is 31. The Morgan fingerprint density at radius 2 is 0.841 bits per heavy atom. The summed E-state index contributed by atoms with van der Waals surface area (Å²) in [6.45, 7) is 4.30. The Labute approximate surface area is 384 Å². The molecular formula is C50H97O12P. The number of allylic oxidation sites excluding steroid dienone is 2. The molecule has 12 nitrogen and oxygen atoms in total. The summed E-state index contributed by atoms with van der Waals surface area (Å²) < 4.78 is 34.3. The maximum Gasteiger partial charge on any atom is 0.472 e. The first-order valence-corrected chi connectivity index (χ1v) is 27.5. The van der Waals surface area contributed by atoms with Crippen LogP contribution >= 0.6 is 7.82 Å². The highest BCUT2D eigenvalue weighted by atomic mass is 31.2. The summed E-state index contributed by atoms with van der Waals surface area (Å²) in [5.74, 6) is -0.473. The molecule has 1 saturated carbocycles. The first-order chi connectivity index (χ1) is 30.5. The number of aliphatic hydroxyl groups excluding tert-OH is 5. The van der Waals surface area contributed by atoms with Crippen molar-refractivity contribution in [2.75, 3.05) is 19.8 Å². The van der Waals surface area contributed by atoms with Crippen molar-refractivity contribution in [2.45, 2.75) is 281 Å². The van der Waals surface area contributed by atoms with Gasteiger partial charge in [-0.1, -0.05) is 206 Å². The average Bonchev–Trinajstić information content (AvgIpc) is 3.27. The van der Waals surface area contributed by atoms with Gasteiger partial charge in [-0.25, -0.2) is 4.57 Å². The van der Waals surface area contributed by atoms with Gasteiger partial charge in [0, 0.05) is 13.0 Å². The van der Waals surface area contributed by atoms with E-state index in [0.29, 0.717) is 13.0 Å². The second-order valence-corrected chi connectivity index (χ2v) is 19.8. The molecule has 0 aliphatic heterocycles. The number of phosphoric ester groups is 1. The summed E-state index contributed by atoms with van der Waals surface area (Å²) in [6.07, 6.45) is 34.3. The smallest absolute Gasteiger partial charge is 0.457 e. The first kappa shape index (κ1) is 60.1. The molecule has 0 aromatic rings. The second-order valence-electron chi connectivity index (χ2n) is 18.4. The summed E-state index contributed by atoms with van der Waals surface area (Å²) in [6, 6.07) is 0. The highest BCUT2D eigenvalue weighted by molar-refractivity contribution is 7.47. The van der Waals surface area contributed by atoms with E-state index < -0.39 is 63.1 Å². The van der Waals surface area contributed by atoms with Crippen molar-refractivity contribution in [3.05, 3.63) is 12.2 Å². The van der Waals surface area contributed by atoms with Crippen molar-refractivity contribution < 1.29 is 58.3 Å². The highest BCUT2D eigenvalue weighted by Gasteiger charge is 2.51. The normalized spacial score (nSPS) is 21.8. The molecule has 63 heavy (non-hydrogen) atoms. The van der Waals surface area contributed by atoms with E-state index in [1.54, 1.807) is 0 Å². The molecular weight excluding hydrogens is 824 g/mol. The largest absolute Gasteiger partial charge is 0.472 e. The number of carbonyl (C=O) groups excluding carboxylic acids is 1. The van der Waals surface area contributed by atoms with Gasteiger partial charge in [-0.2, -0.15) is 0 Å². The van der Waals surface area contributed by atoms with Gasteiger partial charge in [-0.15, -0.1) is 0 Å². The van der Waals surface area contributed by atoms with E-state index in [0.717, 1.165) is 38.5 Å². The Morgan fingerprint density at radius 3 is 1.25 bits per heavy atom. The second kappa shape index (κ2) is 41.3. The van der Waals surface area contributed by atoms with Crippen LogP contribution in [0, 0.1) is 0 Å². The van der Waals surface area contributed by atoms with Crippen LogP contribution in [0.1, 0.15) is 239 Å². The zero-order valence-electron chi connectivity index (χ0n) is 40.1. The van der Waals surface area contributed by atoms with E-state index in [9.17, 15) is 39.8 Å². The van der Waals surface area contributed by atoms with Crippen LogP contribution in [0.2, 0.25) is 0 Å². The molecule has 6 N–H and O–H groups in total. The lowest BCUT2D eigenvalue weighted by Gasteiger charge is -2.41. The Balaban J connectivity index is 2.29. The molecule has 0 spiro atoms. The van der Waals surface area contributed by atoms with Crippen LogP contribution in [0.4, 0.5) is 0 Å². The van der Waals surface area contributed by atoms with Crippen LogP contribution in [-0.4, -0.2) is 98.9 Å².